The molecule has 2 rings (SSSR count). The monoisotopic (exact) mass is 222 g/mol. The summed E-state index contributed by atoms with van der Waals surface area (Å²) in [4.78, 5) is 36.9. The lowest BCUT2D eigenvalue weighted by atomic mass is 10.3. The molecule has 7 heteroatoms. The van der Waals surface area contributed by atoms with Crippen molar-refractivity contribution in [3.63, 3.8) is 0 Å². The van der Waals surface area contributed by atoms with Crippen molar-refractivity contribution in [3.05, 3.63) is 39.3 Å². The van der Waals surface area contributed by atoms with Crippen molar-refractivity contribution in [2.75, 3.05) is 0 Å². The van der Waals surface area contributed by atoms with Crippen LogP contribution in [0.15, 0.2) is 32.3 Å². The summed E-state index contributed by atoms with van der Waals surface area (Å²) in [7, 11) is 0. The van der Waals surface area contributed by atoms with Crippen LogP contribution in [0.2, 0.25) is 0 Å². The van der Waals surface area contributed by atoms with Gasteiger partial charge in [-0.25, -0.2) is 19.1 Å². The molecule has 0 saturated heterocycles. The number of hydrogen-bond acceptors (Lipinski definition) is 5. The number of carboxylic acids is 1. The molecule has 16 heavy (non-hydrogen) atoms. The molecule has 0 fully saturated rings. The largest absolute Gasteiger partial charge is 0.480 e. The van der Waals surface area contributed by atoms with E-state index in [-0.39, 0.29) is 11.0 Å². The molecule has 2 aromatic rings. The van der Waals surface area contributed by atoms with Crippen molar-refractivity contribution in [1.82, 2.24) is 9.55 Å². The lowest BCUT2D eigenvalue weighted by molar-refractivity contribution is -0.137. The third-order valence-electron chi connectivity index (χ3n) is 1.96. The van der Waals surface area contributed by atoms with E-state index < -0.39 is 23.9 Å². The molecule has 0 aliphatic heterocycles. The minimum atomic E-state index is -1.22. The van der Waals surface area contributed by atoms with Gasteiger partial charge in [-0.1, -0.05) is 0 Å². The molecule has 82 valence electrons. The Hall–Kier alpha value is -2.44. The fraction of sp³-hybridized carbons (Fsp3) is 0.111. The molecule has 0 bridgehead atoms. The third-order valence-corrected chi connectivity index (χ3v) is 1.96. The van der Waals surface area contributed by atoms with Gasteiger partial charge in [0.2, 0.25) is 0 Å². The van der Waals surface area contributed by atoms with Crippen LogP contribution >= 0.6 is 0 Å². The fourth-order valence-electron chi connectivity index (χ4n) is 1.32. The van der Waals surface area contributed by atoms with E-state index in [4.69, 9.17) is 5.11 Å². The van der Waals surface area contributed by atoms with Gasteiger partial charge in [0.25, 0.3) is 0 Å². The maximum atomic E-state index is 11.3. The van der Waals surface area contributed by atoms with Crippen LogP contribution in [-0.4, -0.2) is 20.6 Å². The van der Waals surface area contributed by atoms with Gasteiger partial charge >= 0.3 is 17.4 Å². The highest BCUT2D eigenvalue weighted by molar-refractivity contribution is 5.75. The number of nitrogens with zero attached hydrogens (tertiary/aromatic N) is 2. The predicted octanol–water partition coefficient (Wildman–Crippen LogP) is -0.566. The first kappa shape index (κ1) is 10.1. The van der Waals surface area contributed by atoms with Gasteiger partial charge in [-0.2, -0.15) is 0 Å². The van der Waals surface area contributed by atoms with Crippen LogP contribution in [0.4, 0.5) is 0 Å². The Morgan fingerprint density at radius 1 is 1.50 bits per heavy atom. The molecule has 0 aromatic carbocycles. The number of fused-ring (bicyclic) bond motifs is 1. The van der Waals surface area contributed by atoms with Crippen molar-refractivity contribution in [3.8, 4) is 0 Å². The second kappa shape index (κ2) is 3.61. The van der Waals surface area contributed by atoms with Gasteiger partial charge in [0.1, 0.15) is 11.9 Å². The van der Waals surface area contributed by atoms with Crippen molar-refractivity contribution >= 4 is 17.0 Å². The second-order valence-electron chi connectivity index (χ2n) is 3.01. The highest BCUT2D eigenvalue weighted by Crippen LogP contribution is 2.02. The molecule has 0 amide bonds. The normalized spacial score (nSPS) is 10.5. The number of aliphatic carboxylic acids is 1. The SMILES string of the molecule is O=C(O)Cn1c(=O)oc(=O)c2cccnc21. The zero-order valence-electron chi connectivity index (χ0n) is 7.91. The number of hydrogen-bond donors (Lipinski definition) is 1. The zero-order chi connectivity index (χ0) is 11.7. The second-order valence-corrected chi connectivity index (χ2v) is 3.01. The van der Waals surface area contributed by atoms with E-state index in [0.717, 1.165) is 4.57 Å². The lowest BCUT2D eigenvalue weighted by Crippen LogP contribution is -2.28. The Morgan fingerprint density at radius 3 is 2.94 bits per heavy atom. The molecule has 2 aromatic heterocycles. The molecule has 0 radical (unpaired) electrons. The number of carboxylic acid groups (broad SMARTS) is 1. The summed E-state index contributed by atoms with van der Waals surface area (Å²) in [5.74, 6) is -2.25. The average Bonchev–Trinajstić information content (AvgIpc) is 2.24. The standard InChI is InChI=1S/C9H6N2O5/c12-6(13)4-11-7-5(2-1-3-10-7)8(14)16-9(11)15/h1-3H,4H2,(H,12,13). The zero-order valence-corrected chi connectivity index (χ0v) is 7.91. The number of carbonyl (C=O) groups is 1. The van der Waals surface area contributed by atoms with Gasteiger partial charge in [0.15, 0.2) is 5.65 Å². The highest BCUT2D eigenvalue weighted by Gasteiger charge is 2.12. The van der Waals surface area contributed by atoms with Gasteiger partial charge in [-0.3, -0.25) is 4.79 Å². The fourth-order valence-corrected chi connectivity index (χ4v) is 1.32. The van der Waals surface area contributed by atoms with Gasteiger partial charge < -0.3 is 9.52 Å². The van der Waals surface area contributed by atoms with Crippen molar-refractivity contribution in [2.45, 2.75) is 6.54 Å². The van der Waals surface area contributed by atoms with Crippen LogP contribution in [0, 0.1) is 0 Å². The van der Waals surface area contributed by atoms with Crippen molar-refractivity contribution < 1.29 is 14.3 Å². The minimum absolute atomic E-state index is 0.00569. The highest BCUT2D eigenvalue weighted by atomic mass is 16.4. The summed E-state index contributed by atoms with van der Waals surface area (Å²) in [5, 5.41) is 8.69. The molecule has 0 unspecified atom stereocenters. The first-order valence-corrected chi connectivity index (χ1v) is 4.30. The van der Waals surface area contributed by atoms with Crippen molar-refractivity contribution in [2.24, 2.45) is 0 Å². The average molecular weight is 222 g/mol. The predicted molar refractivity (Wildman–Crippen MR) is 52.2 cm³/mol. The topological polar surface area (TPSA) is 102 Å². The van der Waals surface area contributed by atoms with Crippen LogP contribution in [0.1, 0.15) is 0 Å². The Labute approximate surface area is 87.6 Å². The minimum Gasteiger partial charge on any atom is -0.480 e. The third kappa shape index (κ3) is 1.58. The number of rotatable bonds is 2. The Bertz CT molecular complexity index is 669. The van der Waals surface area contributed by atoms with Crippen molar-refractivity contribution in [1.29, 1.82) is 0 Å². The molecule has 0 spiro atoms. The van der Waals surface area contributed by atoms with Crippen LogP contribution in [0.25, 0.3) is 11.0 Å². The van der Waals surface area contributed by atoms with Gasteiger partial charge in [-0.15, -0.1) is 0 Å². The Morgan fingerprint density at radius 2 is 2.25 bits per heavy atom. The molecule has 0 atom stereocenters. The Balaban J connectivity index is 2.87. The van der Waals surface area contributed by atoms with Crippen LogP contribution in [0.5, 0.6) is 0 Å². The molecular weight excluding hydrogens is 216 g/mol. The Kier molecular flexibility index (Phi) is 2.28. The molecular formula is C9H6N2O5. The lowest BCUT2D eigenvalue weighted by Gasteiger charge is -2.03. The van der Waals surface area contributed by atoms with E-state index in [1.54, 1.807) is 0 Å². The summed E-state index contributed by atoms with van der Waals surface area (Å²) in [5.41, 5.74) is -0.819. The summed E-state index contributed by atoms with van der Waals surface area (Å²) in [6.45, 7) is -0.601. The van der Waals surface area contributed by atoms with E-state index in [0.29, 0.717) is 0 Å². The van der Waals surface area contributed by atoms with E-state index in [9.17, 15) is 14.4 Å². The summed E-state index contributed by atoms with van der Waals surface area (Å²) in [6.07, 6.45) is 1.36. The van der Waals surface area contributed by atoms with Gasteiger partial charge in [-0.05, 0) is 12.1 Å². The van der Waals surface area contributed by atoms with Crippen LogP contribution < -0.4 is 11.4 Å². The molecule has 2 heterocycles. The first-order valence-electron chi connectivity index (χ1n) is 4.30. The maximum Gasteiger partial charge on any atom is 0.424 e. The van der Waals surface area contributed by atoms with Crippen LogP contribution in [-0.2, 0) is 11.3 Å². The van der Waals surface area contributed by atoms with E-state index >= 15 is 0 Å². The molecule has 7 nitrogen and oxygen atoms in total. The van der Waals surface area contributed by atoms with Gasteiger partial charge in [0, 0.05) is 6.20 Å². The summed E-state index contributed by atoms with van der Waals surface area (Å²) in [6, 6.07) is 2.90. The summed E-state index contributed by atoms with van der Waals surface area (Å²) < 4.78 is 5.16. The molecule has 0 aliphatic carbocycles. The number of pyridine rings is 1. The van der Waals surface area contributed by atoms with Gasteiger partial charge in [0.05, 0.1) is 0 Å². The molecule has 0 saturated carbocycles. The smallest absolute Gasteiger partial charge is 0.424 e. The first-order chi connectivity index (χ1) is 7.59. The quantitative estimate of drug-likeness (QED) is 0.730. The maximum absolute atomic E-state index is 11.3. The van der Waals surface area contributed by atoms with E-state index in [1.165, 1.54) is 18.3 Å². The van der Waals surface area contributed by atoms with E-state index in [1.807, 2.05) is 0 Å². The molecule has 1 N–H and O–H groups in total. The van der Waals surface area contributed by atoms with Crippen LogP contribution in [0.3, 0.4) is 0 Å². The number of aromatic nitrogens is 2. The van der Waals surface area contributed by atoms with E-state index in [2.05, 4.69) is 9.40 Å². The summed E-state index contributed by atoms with van der Waals surface area (Å²) >= 11 is 0. The molecule has 0 aliphatic rings.